The van der Waals surface area contributed by atoms with Gasteiger partial charge in [0, 0.05) is 5.56 Å². The highest BCUT2D eigenvalue weighted by molar-refractivity contribution is 7.18. The first kappa shape index (κ1) is 17.8. The second-order valence-corrected chi connectivity index (χ2v) is 6.64. The molecule has 0 saturated carbocycles. The maximum absolute atomic E-state index is 12.4. The van der Waals surface area contributed by atoms with Crippen LogP contribution in [-0.4, -0.2) is 33.2 Å². The molecule has 1 N–H and O–H groups in total. The summed E-state index contributed by atoms with van der Waals surface area (Å²) in [7, 11) is 0. The number of aromatic nitrogens is 3. The summed E-state index contributed by atoms with van der Waals surface area (Å²) in [5.41, 5.74) is 2.34. The fourth-order valence-corrected chi connectivity index (χ4v) is 3.35. The summed E-state index contributed by atoms with van der Waals surface area (Å²) >= 11 is 1.21. The summed E-state index contributed by atoms with van der Waals surface area (Å²) < 4.78 is 6.72. The molecule has 1 aromatic carbocycles. The van der Waals surface area contributed by atoms with Gasteiger partial charge in [0.2, 0.25) is 0 Å². The maximum Gasteiger partial charge on any atom is 0.348 e. The molecule has 0 fully saturated rings. The van der Waals surface area contributed by atoms with Gasteiger partial charge in [-0.1, -0.05) is 12.1 Å². The van der Waals surface area contributed by atoms with E-state index in [9.17, 15) is 9.59 Å². The number of ether oxygens (including phenoxy) is 1. The first-order chi connectivity index (χ1) is 12.6. The topological polar surface area (TPSA) is 86.1 Å². The molecule has 8 heteroatoms. The van der Waals surface area contributed by atoms with E-state index in [1.807, 2.05) is 19.1 Å². The lowest BCUT2D eigenvalue weighted by Crippen LogP contribution is -2.11. The summed E-state index contributed by atoms with van der Waals surface area (Å²) in [6.45, 7) is 4.49. The van der Waals surface area contributed by atoms with Gasteiger partial charge in [-0.05, 0) is 43.2 Å². The van der Waals surface area contributed by atoms with Gasteiger partial charge >= 0.3 is 5.97 Å². The van der Waals surface area contributed by atoms with E-state index in [1.54, 1.807) is 36.1 Å². The summed E-state index contributed by atoms with van der Waals surface area (Å²) in [4.78, 5) is 28.7. The molecule has 0 radical (unpaired) electrons. The van der Waals surface area contributed by atoms with Crippen LogP contribution >= 0.6 is 11.3 Å². The van der Waals surface area contributed by atoms with Gasteiger partial charge in [-0.3, -0.25) is 4.79 Å². The number of benzene rings is 1. The lowest BCUT2D eigenvalue weighted by atomic mass is 10.1. The quantitative estimate of drug-likeness (QED) is 0.674. The molecule has 134 valence electrons. The maximum atomic E-state index is 12.4. The SMILES string of the molecule is CCOC(=O)c1sc(NC(=O)c2ccc(Cn3cncn3)cc2)cc1C. The van der Waals surface area contributed by atoms with Crippen LogP contribution in [0.15, 0.2) is 43.0 Å². The van der Waals surface area contributed by atoms with Crippen molar-refractivity contribution >= 4 is 28.2 Å². The number of esters is 1. The van der Waals surface area contributed by atoms with Crippen molar-refractivity contribution in [2.75, 3.05) is 11.9 Å². The zero-order chi connectivity index (χ0) is 18.5. The van der Waals surface area contributed by atoms with E-state index < -0.39 is 0 Å². The first-order valence-electron chi connectivity index (χ1n) is 8.07. The van der Waals surface area contributed by atoms with Crippen LogP contribution in [0.5, 0.6) is 0 Å². The summed E-state index contributed by atoms with van der Waals surface area (Å²) in [5, 5.41) is 7.49. The Labute approximate surface area is 154 Å². The molecule has 0 spiro atoms. The number of rotatable bonds is 6. The van der Waals surface area contributed by atoms with Gasteiger partial charge in [0.25, 0.3) is 5.91 Å². The van der Waals surface area contributed by atoms with E-state index in [1.165, 1.54) is 17.7 Å². The third-order valence-corrected chi connectivity index (χ3v) is 4.78. The molecule has 2 aromatic heterocycles. The molecule has 3 aromatic rings. The molecular formula is C18H18N4O3S. The minimum atomic E-state index is -0.368. The second-order valence-electron chi connectivity index (χ2n) is 5.59. The van der Waals surface area contributed by atoms with Gasteiger partial charge in [0.05, 0.1) is 18.2 Å². The van der Waals surface area contributed by atoms with Crippen molar-refractivity contribution in [3.8, 4) is 0 Å². The minimum absolute atomic E-state index is 0.228. The highest BCUT2D eigenvalue weighted by atomic mass is 32.1. The average Bonchev–Trinajstić information content (AvgIpc) is 3.25. The Kier molecular flexibility index (Phi) is 5.43. The molecule has 7 nitrogen and oxygen atoms in total. The molecular weight excluding hydrogens is 352 g/mol. The number of carbonyl (C=O) groups excluding carboxylic acids is 2. The number of carbonyl (C=O) groups is 2. The summed E-state index contributed by atoms with van der Waals surface area (Å²) in [5.74, 6) is -0.595. The van der Waals surface area contributed by atoms with E-state index in [4.69, 9.17) is 4.74 Å². The molecule has 0 unspecified atom stereocenters. The molecule has 0 saturated heterocycles. The molecule has 2 heterocycles. The zero-order valence-corrected chi connectivity index (χ0v) is 15.2. The molecule has 0 aliphatic rings. The smallest absolute Gasteiger partial charge is 0.348 e. The van der Waals surface area contributed by atoms with Gasteiger partial charge in [0.1, 0.15) is 17.5 Å². The van der Waals surface area contributed by atoms with Crippen molar-refractivity contribution < 1.29 is 14.3 Å². The van der Waals surface area contributed by atoms with E-state index in [0.717, 1.165) is 11.1 Å². The third-order valence-electron chi connectivity index (χ3n) is 3.64. The molecule has 0 atom stereocenters. The zero-order valence-electron chi connectivity index (χ0n) is 14.4. The van der Waals surface area contributed by atoms with E-state index in [2.05, 4.69) is 15.4 Å². The number of nitrogens with zero attached hydrogens (tertiary/aromatic N) is 3. The fraction of sp³-hybridized carbons (Fsp3) is 0.222. The Morgan fingerprint density at radius 1 is 1.27 bits per heavy atom. The van der Waals surface area contributed by atoms with Crippen LogP contribution in [0.25, 0.3) is 0 Å². The Balaban J connectivity index is 1.66. The van der Waals surface area contributed by atoms with Gasteiger partial charge in [-0.15, -0.1) is 11.3 Å². The van der Waals surface area contributed by atoms with E-state index in [0.29, 0.717) is 28.6 Å². The lowest BCUT2D eigenvalue weighted by Gasteiger charge is -2.05. The van der Waals surface area contributed by atoms with Crippen molar-refractivity contribution in [3.05, 3.63) is 64.6 Å². The van der Waals surface area contributed by atoms with Crippen LogP contribution in [-0.2, 0) is 11.3 Å². The monoisotopic (exact) mass is 370 g/mol. The van der Waals surface area contributed by atoms with Gasteiger partial charge in [-0.25, -0.2) is 14.5 Å². The normalized spacial score (nSPS) is 10.5. The second kappa shape index (κ2) is 7.92. The standard InChI is InChI=1S/C18H18N4O3S/c1-3-25-18(24)16-12(2)8-15(26-16)21-17(23)14-6-4-13(5-7-14)9-22-11-19-10-20-22/h4-8,10-11H,3,9H2,1-2H3,(H,21,23). The Hall–Kier alpha value is -3.00. The molecule has 0 aliphatic heterocycles. The number of thiophene rings is 1. The minimum Gasteiger partial charge on any atom is -0.462 e. The highest BCUT2D eigenvalue weighted by Crippen LogP contribution is 2.27. The largest absolute Gasteiger partial charge is 0.462 e. The number of nitrogens with one attached hydrogen (secondary N) is 1. The average molecular weight is 370 g/mol. The number of anilines is 1. The summed E-state index contributed by atoms with van der Waals surface area (Å²) in [6.07, 6.45) is 3.12. The van der Waals surface area contributed by atoms with Gasteiger partial charge in [-0.2, -0.15) is 5.10 Å². The van der Waals surface area contributed by atoms with Crippen molar-refractivity contribution in [2.24, 2.45) is 0 Å². The molecule has 1 amide bonds. The Bertz CT molecular complexity index is 901. The number of hydrogen-bond acceptors (Lipinski definition) is 6. The molecule has 0 bridgehead atoms. The predicted octanol–water partition coefficient (Wildman–Crippen LogP) is 3.13. The van der Waals surface area contributed by atoms with Crippen LogP contribution in [0, 0.1) is 6.92 Å². The predicted molar refractivity (Wildman–Crippen MR) is 98.5 cm³/mol. The van der Waals surface area contributed by atoms with Crippen LogP contribution in [0.3, 0.4) is 0 Å². The van der Waals surface area contributed by atoms with E-state index in [-0.39, 0.29) is 11.9 Å². The third kappa shape index (κ3) is 4.15. The van der Waals surface area contributed by atoms with Crippen LogP contribution in [0.2, 0.25) is 0 Å². The van der Waals surface area contributed by atoms with Crippen molar-refractivity contribution in [3.63, 3.8) is 0 Å². The van der Waals surface area contributed by atoms with Crippen molar-refractivity contribution in [1.82, 2.24) is 14.8 Å². The molecule has 26 heavy (non-hydrogen) atoms. The van der Waals surface area contributed by atoms with Crippen molar-refractivity contribution in [2.45, 2.75) is 20.4 Å². The number of amides is 1. The Morgan fingerprint density at radius 3 is 2.69 bits per heavy atom. The lowest BCUT2D eigenvalue weighted by molar-refractivity contribution is 0.0531. The number of aryl methyl sites for hydroxylation is 1. The van der Waals surface area contributed by atoms with Crippen LogP contribution < -0.4 is 5.32 Å². The van der Waals surface area contributed by atoms with E-state index >= 15 is 0 Å². The Morgan fingerprint density at radius 2 is 2.04 bits per heavy atom. The molecule has 3 rings (SSSR count). The summed E-state index contributed by atoms with van der Waals surface area (Å²) in [6, 6.07) is 9.04. The van der Waals surface area contributed by atoms with Crippen LogP contribution in [0.4, 0.5) is 5.00 Å². The number of hydrogen-bond donors (Lipinski definition) is 1. The highest BCUT2D eigenvalue weighted by Gasteiger charge is 2.16. The molecule has 0 aliphatic carbocycles. The first-order valence-corrected chi connectivity index (χ1v) is 8.88. The van der Waals surface area contributed by atoms with Gasteiger partial charge in [0.15, 0.2) is 0 Å². The van der Waals surface area contributed by atoms with Crippen LogP contribution in [0.1, 0.15) is 38.1 Å². The van der Waals surface area contributed by atoms with Gasteiger partial charge < -0.3 is 10.1 Å². The fourth-order valence-electron chi connectivity index (χ4n) is 2.39. The van der Waals surface area contributed by atoms with Crippen molar-refractivity contribution in [1.29, 1.82) is 0 Å².